The van der Waals surface area contributed by atoms with Crippen molar-refractivity contribution in [1.29, 1.82) is 0 Å². The second-order valence-corrected chi connectivity index (χ2v) is 5.20. The van der Waals surface area contributed by atoms with Gasteiger partial charge in [-0.3, -0.25) is 0 Å². The van der Waals surface area contributed by atoms with Crippen LogP contribution in [0.4, 0.5) is 9.18 Å². The normalized spacial score (nSPS) is 11.5. The third-order valence-corrected chi connectivity index (χ3v) is 3.34. The van der Waals surface area contributed by atoms with Crippen LogP contribution in [0.5, 0.6) is 0 Å². The zero-order valence-electron chi connectivity index (χ0n) is 14.0. The van der Waals surface area contributed by atoms with E-state index in [1.165, 1.54) is 12.1 Å². The van der Waals surface area contributed by atoms with E-state index in [-0.39, 0.29) is 11.9 Å². The number of nitrogens with two attached hydrogens (primary N) is 1. The van der Waals surface area contributed by atoms with Crippen molar-refractivity contribution in [3.8, 4) is 0 Å². The van der Waals surface area contributed by atoms with Crippen LogP contribution in [-0.2, 0) is 6.54 Å². The first-order valence-electron chi connectivity index (χ1n) is 7.99. The highest BCUT2D eigenvalue weighted by atomic mass is 19.1. The van der Waals surface area contributed by atoms with Gasteiger partial charge in [0, 0.05) is 12.6 Å². The van der Waals surface area contributed by atoms with Gasteiger partial charge in [0.15, 0.2) is 0 Å². The van der Waals surface area contributed by atoms with Crippen molar-refractivity contribution >= 4 is 16.8 Å². The molecule has 2 aromatic rings. The molecule has 0 spiro atoms. The van der Waals surface area contributed by atoms with Crippen molar-refractivity contribution in [3.63, 3.8) is 0 Å². The number of hydrogen-bond acceptors (Lipinski definition) is 2. The highest BCUT2D eigenvalue weighted by Crippen LogP contribution is 2.17. The number of urea groups is 1. The number of fused-ring (bicyclic) bond motifs is 1. The molecule has 4 nitrogen and oxygen atoms in total. The Kier molecular flexibility index (Phi) is 8.05. The Bertz CT molecular complexity index is 631. The summed E-state index contributed by atoms with van der Waals surface area (Å²) in [6, 6.07) is 10.3. The highest BCUT2D eigenvalue weighted by molar-refractivity contribution is 5.83. The van der Waals surface area contributed by atoms with Crippen LogP contribution < -0.4 is 16.4 Å². The minimum absolute atomic E-state index is 0.0505. The van der Waals surface area contributed by atoms with Crippen LogP contribution in [0, 0.1) is 5.82 Å². The van der Waals surface area contributed by atoms with Gasteiger partial charge in [-0.1, -0.05) is 32.0 Å². The Morgan fingerprint density at radius 1 is 1.17 bits per heavy atom. The third kappa shape index (κ3) is 6.65. The zero-order valence-corrected chi connectivity index (χ0v) is 14.0. The lowest BCUT2D eigenvalue weighted by Crippen LogP contribution is -2.38. The molecule has 23 heavy (non-hydrogen) atoms. The van der Waals surface area contributed by atoms with Crippen molar-refractivity contribution in [1.82, 2.24) is 10.6 Å². The van der Waals surface area contributed by atoms with Gasteiger partial charge in [0.05, 0.1) is 0 Å². The molecule has 0 aliphatic heterocycles. The lowest BCUT2D eigenvalue weighted by Gasteiger charge is -2.12. The molecule has 0 radical (unpaired) electrons. The van der Waals surface area contributed by atoms with Crippen LogP contribution >= 0.6 is 0 Å². The van der Waals surface area contributed by atoms with E-state index < -0.39 is 6.03 Å². The molecule has 1 unspecified atom stereocenters. The summed E-state index contributed by atoms with van der Waals surface area (Å²) < 4.78 is 13.1. The number of halogens is 1. The first-order chi connectivity index (χ1) is 11.0. The van der Waals surface area contributed by atoms with Gasteiger partial charge in [0.2, 0.25) is 0 Å². The number of primary amides is 1. The van der Waals surface area contributed by atoms with Gasteiger partial charge < -0.3 is 16.4 Å². The molecule has 0 fully saturated rings. The fourth-order valence-electron chi connectivity index (χ4n) is 2.24. The van der Waals surface area contributed by atoms with Crippen LogP contribution in [0.1, 0.15) is 32.8 Å². The molecule has 5 heteroatoms. The fourth-order valence-corrected chi connectivity index (χ4v) is 2.24. The van der Waals surface area contributed by atoms with Gasteiger partial charge in [-0.25, -0.2) is 9.18 Å². The number of hydrogen-bond donors (Lipinski definition) is 3. The molecule has 4 N–H and O–H groups in total. The molecule has 0 aliphatic rings. The Morgan fingerprint density at radius 2 is 1.83 bits per heavy atom. The number of carbonyl (C=O) groups excluding carboxylic acids is 1. The second kappa shape index (κ2) is 9.79. The van der Waals surface area contributed by atoms with Gasteiger partial charge in [-0.2, -0.15) is 0 Å². The van der Waals surface area contributed by atoms with Gasteiger partial charge in [0.1, 0.15) is 5.82 Å². The largest absolute Gasteiger partial charge is 0.352 e. The maximum atomic E-state index is 13.1. The van der Waals surface area contributed by atoms with Crippen LogP contribution in [0.15, 0.2) is 36.4 Å². The maximum absolute atomic E-state index is 13.1. The van der Waals surface area contributed by atoms with Crippen LogP contribution in [-0.4, -0.2) is 18.6 Å². The molecule has 2 amide bonds. The van der Waals surface area contributed by atoms with Crippen molar-refractivity contribution in [3.05, 3.63) is 47.8 Å². The van der Waals surface area contributed by atoms with Gasteiger partial charge in [-0.15, -0.1) is 0 Å². The first-order valence-corrected chi connectivity index (χ1v) is 7.99. The minimum Gasteiger partial charge on any atom is -0.352 e. The summed E-state index contributed by atoms with van der Waals surface area (Å²) in [5.41, 5.74) is 6.20. The third-order valence-electron chi connectivity index (χ3n) is 3.34. The Hall–Kier alpha value is -2.14. The topological polar surface area (TPSA) is 67.2 Å². The first kappa shape index (κ1) is 18.9. The van der Waals surface area contributed by atoms with Crippen LogP contribution in [0.3, 0.4) is 0 Å². The van der Waals surface area contributed by atoms with E-state index in [4.69, 9.17) is 5.73 Å². The lowest BCUT2D eigenvalue weighted by molar-refractivity contribution is 0.245. The van der Waals surface area contributed by atoms with Crippen molar-refractivity contribution in [2.75, 3.05) is 6.54 Å². The summed E-state index contributed by atoms with van der Waals surface area (Å²) in [5, 5.41) is 7.88. The summed E-state index contributed by atoms with van der Waals surface area (Å²) >= 11 is 0. The number of amides is 2. The molecule has 0 heterocycles. The Labute approximate surface area is 137 Å². The molecule has 0 saturated heterocycles. The van der Waals surface area contributed by atoms with E-state index in [1.807, 2.05) is 39.0 Å². The SMILES string of the molecule is CC.CC(CCNCc1ccc2cc(F)ccc2c1)NC(N)=O. The van der Waals surface area contributed by atoms with Crippen LogP contribution in [0.25, 0.3) is 10.8 Å². The minimum atomic E-state index is -0.496. The Morgan fingerprint density at radius 3 is 2.52 bits per heavy atom. The molecule has 1 atom stereocenters. The Balaban J connectivity index is 0.00000127. The van der Waals surface area contributed by atoms with E-state index in [2.05, 4.69) is 10.6 Å². The predicted molar refractivity (Wildman–Crippen MR) is 93.8 cm³/mol. The molecular formula is C18H26FN3O. The fraction of sp³-hybridized carbons (Fsp3) is 0.389. The number of nitrogens with one attached hydrogen (secondary N) is 2. The molecule has 0 bridgehead atoms. The summed E-state index contributed by atoms with van der Waals surface area (Å²) in [6.07, 6.45) is 0.807. The molecule has 0 aromatic heterocycles. The summed E-state index contributed by atoms with van der Waals surface area (Å²) in [7, 11) is 0. The van der Waals surface area contributed by atoms with Gasteiger partial charge >= 0.3 is 6.03 Å². The molecular weight excluding hydrogens is 293 g/mol. The molecule has 0 saturated carbocycles. The van der Waals surface area contributed by atoms with E-state index in [0.29, 0.717) is 0 Å². The molecule has 0 aliphatic carbocycles. The second-order valence-electron chi connectivity index (χ2n) is 5.20. The summed E-state index contributed by atoms with van der Waals surface area (Å²) in [5.74, 6) is -0.218. The van der Waals surface area contributed by atoms with Crippen molar-refractivity contribution in [2.45, 2.75) is 39.8 Å². The van der Waals surface area contributed by atoms with Crippen LogP contribution in [0.2, 0.25) is 0 Å². The number of benzene rings is 2. The van der Waals surface area contributed by atoms with Gasteiger partial charge in [0.25, 0.3) is 0 Å². The predicted octanol–water partition coefficient (Wildman–Crippen LogP) is 3.54. The lowest BCUT2D eigenvalue weighted by atomic mass is 10.1. The quantitative estimate of drug-likeness (QED) is 0.713. The van der Waals surface area contributed by atoms with Crippen molar-refractivity contribution in [2.24, 2.45) is 5.73 Å². The average molecular weight is 319 g/mol. The van der Waals surface area contributed by atoms with E-state index >= 15 is 0 Å². The highest BCUT2D eigenvalue weighted by Gasteiger charge is 2.03. The molecule has 2 rings (SSSR count). The maximum Gasteiger partial charge on any atom is 0.312 e. The molecule has 126 valence electrons. The summed E-state index contributed by atoms with van der Waals surface area (Å²) in [6.45, 7) is 7.43. The standard InChI is InChI=1S/C16H20FN3O.C2H6/c1-11(20-16(18)21)6-7-19-10-12-2-3-14-9-15(17)5-4-13(14)8-12;1-2/h2-5,8-9,11,19H,6-7,10H2,1H3,(H3,18,20,21);1-2H3. The monoisotopic (exact) mass is 319 g/mol. The number of rotatable bonds is 6. The van der Waals surface area contributed by atoms with E-state index in [1.54, 1.807) is 6.07 Å². The average Bonchev–Trinajstić information content (AvgIpc) is 2.53. The number of carbonyl (C=O) groups is 1. The van der Waals surface area contributed by atoms with E-state index in [0.717, 1.165) is 35.8 Å². The van der Waals surface area contributed by atoms with Crippen molar-refractivity contribution < 1.29 is 9.18 Å². The zero-order chi connectivity index (χ0) is 17.2. The van der Waals surface area contributed by atoms with Gasteiger partial charge in [-0.05, 0) is 54.4 Å². The summed E-state index contributed by atoms with van der Waals surface area (Å²) in [4.78, 5) is 10.7. The smallest absolute Gasteiger partial charge is 0.312 e. The molecule has 2 aromatic carbocycles. The van der Waals surface area contributed by atoms with E-state index in [9.17, 15) is 9.18 Å².